The fraction of sp³-hybridized carbons (Fsp3) is 0.355. The second-order valence-electron chi connectivity index (χ2n) is 10.1. The van der Waals surface area contributed by atoms with Gasteiger partial charge in [0.2, 0.25) is 21.8 Å². The molecule has 0 unspecified atom stereocenters. The number of halogens is 2. The van der Waals surface area contributed by atoms with E-state index in [4.69, 9.17) is 0 Å². The standard InChI is InChI=1S/C31H37BrFN3O4S/c1-4-23(2)34-31(38)29(21-24-12-6-5-7-13-24)35(22-25-14-10-15-26(32)20-25)30(37)18-11-19-36(41(3,39)40)28-17-9-8-16-27(28)33/h5-10,12-17,20,23,29H,4,11,18-19,21-22H2,1-3H3,(H,34,38)/t23-,29-/m1/s1. The van der Waals surface area contributed by atoms with E-state index in [1.165, 1.54) is 18.2 Å². The van der Waals surface area contributed by atoms with E-state index in [1.54, 1.807) is 11.0 Å². The Labute approximate surface area is 250 Å². The van der Waals surface area contributed by atoms with Crippen LogP contribution in [0.2, 0.25) is 0 Å². The van der Waals surface area contributed by atoms with Crippen molar-refractivity contribution in [3.05, 3.63) is 100 Å². The molecule has 2 amide bonds. The molecule has 0 aliphatic heterocycles. The molecule has 0 spiro atoms. The van der Waals surface area contributed by atoms with Crippen LogP contribution in [-0.2, 0) is 32.6 Å². The van der Waals surface area contributed by atoms with Crippen LogP contribution in [0.25, 0.3) is 0 Å². The van der Waals surface area contributed by atoms with Crippen molar-refractivity contribution in [1.82, 2.24) is 10.2 Å². The van der Waals surface area contributed by atoms with Gasteiger partial charge in [-0.05, 0) is 55.2 Å². The van der Waals surface area contributed by atoms with E-state index in [9.17, 15) is 22.4 Å². The van der Waals surface area contributed by atoms with E-state index in [1.807, 2.05) is 68.4 Å². The van der Waals surface area contributed by atoms with Crippen molar-refractivity contribution >= 4 is 43.5 Å². The minimum absolute atomic E-state index is 0.0314. The van der Waals surface area contributed by atoms with Crippen LogP contribution in [0.1, 0.15) is 44.2 Å². The molecule has 0 aliphatic rings. The summed E-state index contributed by atoms with van der Waals surface area (Å²) < 4.78 is 41.3. The van der Waals surface area contributed by atoms with Gasteiger partial charge in [0.1, 0.15) is 11.9 Å². The molecule has 3 aromatic rings. The highest BCUT2D eigenvalue weighted by molar-refractivity contribution is 9.10. The zero-order chi connectivity index (χ0) is 30.0. The number of para-hydroxylation sites is 1. The Morgan fingerprint density at radius 2 is 1.63 bits per heavy atom. The molecule has 1 N–H and O–H groups in total. The number of nitrogens with one attached hydrogen (secondary N) is 1. The van der Waals surface area contributed by atoms with Crippen LogP contribution in [0, 0.1) is 5.82 Å². The van der Waals surface area contributed by atoms with Crippen molar-refractivity contribution in [1.29, 1.82) is 0 Å². The van der Waals surface area contributed by atoms with Gasteiger partial charge in [-0.3, -0.25) is 13.9 Å². The molecule has 7 nitrogen and oxygen atoms in total. The highest BCUT2D eigenvalue weighted by Crippen LogP contribution is 2.23. The quantitative estimate of drug-likeness (QED) is 0.244. The maximum atomic E-state index is 14.5. The first-order valence-electron chi connectivity index (χ1n) is 13.6. The van der Waals surface area contributed by atoms with Crippen LogP contribution in [-0.4, -0.2) is 50.0 Å². The monoisotopic (exact) mass is 645 g/mol. The van der Waals surface area contributed by atoms with Crippen molar-refractivity contribution in [2.24, 2.45) is 0 Å². The summed E-state index contributed by atoms with van der Waals surface area (Å²) in [5, 5.41) is 3.03. The van der Waals surface area contributed by atoms with E-state index in [-0.39, 0.29) is 49.5 Å². The van der Waals surface area contributed by atoms with Crippen LogP contribution in [0.4, 0.5) is 10.1 Å². The minimum Gasteiger partial charge on any atom is -0.352 e. The summed E-state index contributed by atoms with van der Waals surface area (Å²) in [5.74, 6) is -1.21. The van der Waals surface area contributed by atoms with Crippen LogP contribution in [0.5, 0.6) is 0 Å². The Kier molecular flexibility index (Phi) is 11.9. The molecule has 41 heavy (non-hydrogen) atoms. The Bertz CT molecular complexity index is 1420. The molecule has 0 fully saturated rings. The lowest BCUT2D eigenvalue weighted by molar-refractivity contribution is -0.141. The molecule has 10 heteroatoms. The average molecular weight is 647 g/mol. The first kappa shape index (κ1) is 32.3. The van der Waals surface area contributed by atoms with Gasteiger partial charge in [0.05, 0.1) is 11.9 Å². The minimum atomic E-state index is -3.80. The number of rotatable bonds is 14. The van der Waals surface area contributed by atoms with Crippen molar-refractivity contribution < 1.29 is 22.4 Å². The number of hydrogen-bond acceptors (Lipinski definition) is 4. The summed E-state index contributed by atoms with van der Waals surface area (Å²) in [6.07, 6.45) is 2.17. The van der Waals surface area contributed by atoms with Gasteiger partial charge in [0.25, 0.3) is 0 Å². The van der Waals surface area contributed by atoms with Crippen LogP contribution in [0.3, 0.4) is 0 Å². The van der Waals surface area contributed by atoms with Crippen molar-refractivity contribution in [2.45, 2.75) is 58.2 Å². The number of hydrogen-bond donors (Lipinski definition) is 1. The fourth-order valence-electron chi connectivity index (χ4n) is 4.46. The Morgan fingerprint density at radius 1 is 0.976 bits per heavy atom. The van der Waals surface area contributed by atoms with E-state index in [0.29, 0.717) is 6.42 Å². The summed E-state index contributed by atoms with van der Waals surface area (Å²) >= 11 is 3.48. The highest BCUT2D eigenvalue weighted by Gasteiger charge is 2.31. The zero-order valence-corrected chi connectivity index (χ0v) is 26.0. The van der Waals surface area contributed by atoms with Gasteiger partial charge in [-0.15, -0.1) is 0 Å². The third-order valence-corrected chi connectivity index (χ3v) is 8.46. The maximum absolute atomic E-state index is 14.5. The topological polar surface area (TPSA) is 86.8 Å². The predicted octanol–water partition coefficient (Wildman–Crippen LogP) is 5.69. The van der Waals surface area contributed by atoms with Crippen LogP contribution >= 0.6 is 15.9 Å². The molecule has 0 saturated heterocycles. The van der Waals surface area contributed by atoms with Crippen LogP contribution < -0.4 is 9.62 Å². The predicted molar refractivity (Wildman–Crippen MR) is 164 cm³/mol. The van der Waals surface area contributed by atoms with E-state index in [0.717, 1.165) is 32.6 Å². The van der Waals surface area contributed by atoms with Gasteiger partial charge < -0.3 is 10.2 Å². The number of carbonyl (C=O) groups excluding carboxylic acids is 2. The lowest BCUT2D eigenvalue weighted by Crippen LogP contribution is -2.52. The molecule has 0 saturated carbocycles. The van der Waals surface area contributed by atoms with Gasteiger partial charge in [-0.2, -0.15) is 0 Å². The van der Waals surface area contributed by atoms with Crippen molar-refractivity contribution in [3.63, 3.8) is 0 Å². The number of anilines is 1. The molecule has 2 atom stereocenters. The number of nitrogens with zero attached hydrogens (tertiary/aromatic N) is 2. The molecule has 220 valence electrons. The maximum Gasteiger partial charge on any atom is 0.243 e. The molecule has 0 aliphatic carbocycles. The summed E-state index contributed by atoms with van der Waals surface area (Å²) in [5.41, 5.74) is 1.68. The third kappa shape index (κ3) is 9.67. The number of carbonyl (C=O) groups is 2. The molecule has 0 heterocycles. The van der Waals surface area contributed by atoms with E-state index < -0.39 is 21.9 Å². The van der Waals surface area contributed by atoms with Gasteiger partial charge in [-0.25, -0.2) is 12.8 Å². The van der Waals surface area contributed by atoms with Gasteiger partial charge in [0, 0.05) is 36.4 Å². The zero-order valence-electron chi connectivity index (χ0n) is 23.6. The van der Waals surface area contributed by atoms with E-state index in [2.05, 4.69) is 21.2 Å². The summed E-state index contributed by atoms with van der Waals surface area (Å²) in [7, 11) is -3.80. The van der Waals surface area contributed by atoms with Crippen molar-refractivity contribution in [2.75, 3.05) is 17.1 Å². The van der Waals surface area contributed by atoms with E-state index >= 15 is 0 Å². The lowest BCUT2D eigenvalue weighted by atomic mass is 10.0. The average Bonchev–Trinajstić information content (AvgIpc) is 2.93. The second kappa shape index (κ2) is 15.1. The number of benzene rings is 3. The fourth-order valence-corrected chi connectivity index (χ4v) is 5.88. The third-order valence-electron chi connectivity index (χ3n) is 6.79. The molecule has 3 rings (SSSR count). The SMILES string of the molecule is CC[C@@H](C)NC(=O)[C@@H](Cc1ccccc1)N(Cc1cccc(Br)c1)C(=O)CCCN(c1ccccc1F)S(C)(=O)=O. The van der Waals surface area contributed by atoms with Crippen LogP contribution in [0.15, 0.2) is 83.3 Å². The largest absolute Gasteiger partial charge is 0.352 e. The molecule has 0 bridgehead atoms. The molecular formula is C31H37BrFN3O4S. The summed E-state index contributed by atoms with van der Waals surface area (Å²) in [4.78, 5) is 29.0. The number of sulfonamides is 1. The molecule has 3 aromatic carbocycles. The van der Waals surface area contributed by atoms with Gasteiger partial charge in [-0.1, -0.05) is 77.5 Å². The molecule has 0 radical (unpaired) electrons. The highest BCUT2D eigenvalue weighted by atomic mass is 79.9. The van der Waals surface area contributed by atoms with Gasteiger partial charge >= 0.3 is 0 Å². The van der Waals surface area contributed by atoms with Gasteiger partial charge in [0.15, 0.2) is 0 Å². The van der Waals surface area contributed by atoms with Crippen molar-refractivity contribution in [3.8, 4) is 0 Å². The summed E-state index contributed by atoms with van der Waals surface area (Å²) in [6.45, 7) is 4.00. The first-order chi connectivity index (χ1) is 19.5. The summed E-state index contributed by atoms with van der Waals surface area (Å²) in [6, 6.07) is 21.8. The lowest BCUT2D eigenvalue weighted by Gasteiger charge is -2.32. The molecule has 0 aromatic heterocycles. The Morgan fingerprint density at radius 3 is 2.27 bits per heavy atom. The first-order valence-corrected chi connectivity index (χ1v) is 16.2. The Balaban J connectivity index is 1.90. The number of amides is 2. The molecular weight excluding hydrogens is 609 g/mol. The second-order valence-corrected chi connectivity index (χ2v) is 12.9. The Hall–Kier alpha value is -3.24. The normalized spacial score (nSPS) is 12.8. The smallest absolute Gasteiger partial charge is 0.243 e.